The maximum absolute atomic E-state index is 11.5. The number of ketones is 1. The number of Topliss-reactive ketones (excluding diaryl/α,β-unsaturated/α-hetero) is 1. The Labute approximate surface area is 183 Å². The molecule has 0 spiro atoms. The highest BCUT2D eigenvalue weighted by molar-refractivity contribution is 5.96. The van der Waals surface area contributed by atoms with Crippen molar-refractivity contribution in [3.8, 4) is 0 Å². The van der Waals surface area contributed by atoms with E-state index in [0.29, 0.717) is 32.1 Å². The Morgan fingerprint density at radius 3 is 2.10 bits per heavy atom. The number of anilines is 1. The Hall–Kier alpha value is -2.39. The third-order valence-corrected chi connectivity index (χ3v) is 5.76. The number of aliphatic hydroxyl groups is 3. The Bertz CT molecular complexity index is 857. The van der Waals surface area contributed by atoms with Crippen LogP contribution in [0.15, 0.2) is 36.7 Å². The van der Waals surface area contributed by atoms with Crippen LogP contribution in [-0.2, 0) is 5.41 Å². The third kappa shape index (κ3) is 5.46. The fraction of sp³-hybridized carbons (Fsp3) is 0.522. The maximum atomic E-state index is 11.5. The molecule has 2 aromatic rings. The van der Waals surface area contributed by atoms with E-state index in [1.807, 2.05) is 17.0 Å². The summed E-state index contributed by atoms with van der Waals surface area (Å²) in [6, 6.07) is 7.96. The van der Waals surface area contributed by atoms with Crippen molar-refractivity contribution < 1.29 is 20.1 Å². The fourth-order valence-electron chi connectivity index (χ4n) is 3.88. The van der Waals surface area contributed by atoms with Gasteiger partial charge in [0.2, 0.25) is 5.95 Å². The summed E-state index contributed by atoms with van der Waals surface area (Å²) in [6.07, 6.45) is 1.98. The van der Waals surface area contributed by atoms with Gasteiger partial charge in [-0.15, -0.1) is 0 Å². The van der Waals surface area contributed by atoms with Crippen LogP contribution in [0.5, 0.6) is 0 Å². The molecule has 3 rings (SSSR count). The lowest BCUT2D eigenvalue weighted by atomic mass is 9.85. The topological polar surface area (TPSA) is 110 Å². The monoisotopic (exact) mass is 428 g/mol. The number of benzene rings is 1. The molecule has 1 aliphatic rings. The summed E-state index contributed by atoms with van der Waals surface area (Å²) in [5.74, 6) is 0.123. The lowest BCUT2D eigenvalue weighted by Crippen LogP contribution is -2.51. The highest BCUT2D eigenvalue weighted by Gasteiger charge is 2.31. The Balaban J connectivity index is 1.70. The van der Waals surface area contributed by atoms with Gasteiger partial charge < -0.3 is 20.2 Å². The van der Waals surface area contributed by atoms with Crippen molar-refractivity contribution in [2.45, 2.75) is 38.3 Å². The number of aliphatic hydroxyl groups excluding tert-OH is 3. The van der Waals surface area contributed by atoms with Crippen molar-refractivity contribution >= 4 is 11.7 Å². The minimum Gasteiger partial charge on any atom is -0.394 e. The molecule has 1 aromatic heterocycles. The van der Waals surface area contributed by atoms with Gasteiger partial charge in [-0.05, 0) is 16.5 Å². The first kappa shape index (κ1) is 23.3. The van der Waals surface area contributed by atoms with E-state index >= 15 is 0 Å². The molecule has 8 heteroatoms. The van der Waals surface area contributed by atoms with Gasteiger partial charge in [-0.2, -0.15) is 0 Å². The molecule has 168 valence electrons. The van der Waals surface area contributed by atoms with Crippen LogP contribution in [0.25, 0.3) is 0 Å². The molecule has 8 nitrogen and oxygen atoms in total. The summed E-state index contributed by atoms with van der Waals surface area (Å²) in [4.78, 5) is 24.2. The smallest absolute Gasteiger partial charge is 0.225 e. The third-order valence-electron chi connectivity index (χ3n) is 5.76. The van der Waals surface area contributed by atoms with Crippen molar-refractivity contribution in [2.75, 3.05) is 44.3 Å². The summed E-state index contributed by atoms with van der Waals surface area (Å²) in [6.45, 7) is 8.26. The summed E-state index contributed by atoms with van der Waals surface area (Å²) in [5.41, 5.74) is 2.53. The SMILES string of the molecule is CC(C)(C)c1ccc(C(C(O)CO)N2CCN(c3ncc(C(=O)CO)cn3)CC2)cc1. The number of hydrogen-bond acceptors (Lipinski definition) is 8. The zero-order chi connectivity index (χ0) is 22.6. The first-order chi connectivity index (χ1) is 14.7. The molecular weight excluding hydrogens is 396 g/mol. The Kier molecular flexibility index (Phi) is 7.38. The zero-order valence-electron chi connectivity index (χ0n) is 18.4. The second-order valence-electron chi connectivity index (χ2n) is 8.94. The van der Waals surface area contributed by atoms with Crippen LogP contribution in [0, 0.1) is 0 Å². The van der Waals surface area contributed by atoms with E-state index in [9.17, 15) is 15.0 Å². The molecule has 0 amide bonds. The second kappa shape index (κ2) is 9.82. The minimum atomic E-state index is -0.882. The number of carbonyl (C=O) groups is 1. The highest BCUT2D eigenvalue weighted by atomic mass is 16.3. The van der Waals surface area contributed by atoms with Crippen molar-refractivity contribution in [2.24, 2.45) is 0 Å². The van der Waals surface area contributed by atoms with E-state index in [-0.39, 0.29) is 23.6 Å². The van der Waals surface area contributed by atoms with Crippen LogP contribution >= 0.6 is 0 Å². The molecule has 2 heterocycles. The number of hydrogen-bond donors (Lipinski definition) is 3. The van der Waals surface area contributed by atoms with E-state index in [4.69, 9.17) is 5.11 Å². The van der Waals surface area contributed by atoms with E-state index < -0.39 is 18.5 Å². The summed E-state index contributed by atoms with van der Waals surface area (Å²) < 4.78 is 0. The summed E-state index contributed by atoms with van der Waals surface area (Å²) >= 11 is 0. The van der Waals surface area contributed by atoms with Crippen LogP contribution in [0.1, 0.15) is 48.3 Å². The van der Waals surface area contributed by atoms with E-state index in [1.165, 1.54) is 18.0 Å². The molecule has 2 unspecified atom stereocenters. The molecular formula is C23H32N4O4. The molecule has 1 aliphatic heterocycles. The first-order valence-corrected chi connectivity index (χ1v) is 10.6. The highest BCUT2D eigenvalue weighted by Crippen LogP contribution is 2.29. The van der Waals surface area contributed by atoms with E-state index in [1.54, 1.807) is 0 Å². The van der Waals surface area contributed by atoms with Crippen LogP contribution in [0.4, 0.5) is 5.95 Å². The van der Waals surface area contributed by atoms with E-state index in [2.05, 4.69) is 47.8 Å². The van der Waals surface area contributed by atoms with Gasteiger partial charge in [0, 0.05) is 38.6 Å². The standard InChI is InChI=1S/C23H32N4O4/c1-23(2,3)18-6-4-16(5-7-18)21(20(31)15-29)26-8-10-27(11-9-26)22-24-12-17(13-25-22)19(30)14-28/h4-7,12-13,20-21,28-29,31H,8-11,14-15H2,1-3H3. The minimum absolute atomic E-state index is 0.0482. The van der Waals surface area contributed by atoms with E-state index in [0.717, 1.165) is 5.56 Å². The molecule has 1 fully saturated rings. The molecule has 0 bridgehead atoms. The van der Waals surface area contributed by atoms with Gasteiger partial charge in [0.05, 0.1) is 24.3 Å². The van der Waals surface area contributed by atoms with Crippen molar-refractivity contribution in [3.63, 3.8) is 0 Å². The quantitative estimate of drug-likeness (QED) is 0.564. The molecule has 31 heavy (non-hydrogen) atoms. The number of carbonyl (C=O) groups excluding carboxylic acids is 1. The molecule has 3 N–H and O–H groups in total. The Morgan fingerprint density at radius 2 is 1.61 bits per heavy atom. The van der Waals surface area contributed by atoms with Crippen molar-refractivity contribution in [1.29, 1.82) is 0 Å². The largest absolute Gasteiger partial charge is 0.394 e. The molecule has 1 saturated heterocycles. The van der Waals surface area contributed by atoms with Gasteiger partial charge in [-0.1, -0.05) is 45.0 Å². The van der Waals surface area contributed by atoms with Crippen molar-refractivity contribution in [1.82, 2.24) is 14.9 Å². The van der Waals surface area contributed by atoms with Crippen molar-refractivity contribution in [3.05, 3.63) is 53.3 Å². The summed E-state index contributed by atoms with van der Waals surface area (Å²) in [7, 11) is 0. The predicted octanol–water partition coefficient (Wildman–Crippen LogP) is 1.17. The van der Waals surface area contributed by atoms with Crippen LogP contribution in [0.2, 0.25) is 0 Å². The van der Waals surface area contributed by atoms with Gasteiger partial charge in [0.15, 0.2) is 5.78 Å². The van der Waals surface area contributed by atoms with Gasteiger partial charge in [0.25, 0.3) is 0 Å². The van der Waals surface area contributed by atoms with Gasteiger partial charge in [0.1, 0.15) is 6.61 Å². The van der Waals surface area contributed by atoms with Gasteiger partial charge in [-0.3, -0.25) is 9.69 Å². The molecule has 0 radical (unpaired) electrons. The lowest BCUT2D eigenvalue weighted by molar-refractivity contribution is 0.00726. The van der Waals surface area contributed by atoms with Crippen LogP contribution in [0.3, 0.4) is 0 Å². The maximum Gasteiger partial charge on any atom is 0.225 e. The second-order valence-corrected chi connectivity index (χ2v) is 8.94. The Morgan fingerprint density at radius 1 is 1.03 bits per heavy atom. The number of nitrogens with zero attached hydrogens (tertiary/aromatic N) is 4. The predicted molar refractivity (Wildman–Crippen MR) is 118 cm³/mol. The summed E-state index contributed by atoms with van der Waals surface area (Å²) in [5, 5.41) is 29.2. The first-order valence-electron chi connectivity index (χ1n) is 10.6. The molecule has 2 atom stereocenters. The van der Waals surface area contributed by atoms with Crippen LogP contribution in [-0.4, -0.2) is 81.5 Å². The van der Waals surface area contributed by atoms with Gasteiger partial charge >= 0.3 is 0 Å². The van der Waals surface area contributed by atoms with Crippen LogP contribution < -0.4 is 4.90 Å². The number of piperazine rings is 1. The normalized spacial score (nSPS) is 17.4. The zero-order valence-corrected chi connectivity index (χ0v) is 18.4. The fourth-order valence-corrected chi connectivity index (χ4v) is 3.88. The average molecular weight is 429 g/mol. The number of aromatic nitrogens is 2. The van der Waals surface area contributed by atoms with Gasteiger partial charge in [-0.25, -0.2) is 9.97 Å². The molecule has 1 aromatic carbocycles. The average Bonchev–Trinajstić information content (AvgIpc) is 2.79. The molecule has 0 aliphatic carbocycles. The molecule has 0 saturated carbocycles. The number of rotatable bonds is 7. The lowest BCUT2D eigenvalue weighted by Gasteiger charge is -2.41.